The van der Waals surface area contributed by atoms with Gasteiger partial charge in [0.2, 0.25) is 0 Å². The van der Waals surface area contributed by atoms with Crippen molar-refractivity contribution in [2.24, 2.45) is 0 Å². The highest BCUT2D eigenvalue weighted by Crippen LogP contribution is 2.32. The maximum atomic E-state index is 6.22. The van der Waals surface area contributed by atoms with Crippen molar-refractivity contribution in [3.05, 3.63) is 17.2 Å². The fourth-order valence-corrected chi connectivity index (χ4v) is 1.87. The van der Waals surface area contributed by atoms with Gasteiger partial charge in [-0.1, -0.05) is 17.7 Å². The maximum Gasteiger partial charge on any atom is 0.0786 e. The first-order valence-electron chi connectivity index (χ1n) is 4.34. The number of rotatable bonds is 2. The molecule has 75 valence electrons. The molecule has 0 saturated carbocycles. The highest BCUT2D eigenvalue weighted by Gasteiger charge is 2.12. The Labute approximate surface area is 93.9 Å². The maximum absolute atomic E-state index is 6.22. The molecule has 0 aliphatic heterocycles. The van der Waals surface area contributed by atoms with Gasteiger partial charge in [-0.05, 0) is 11.3 Å². The molecule has 0 atom stereocenters. The standard InChI is InChI=1S/C10H14ClN2Si/c1-12(2)7-5-6-8(14)9(11)10(7)13(3)4/h5-6H,1-4H3. The molecule has 1 rings (SSSR count). The molecule has 1 aromatic carbocycles. The van der Waals surface area contributed by atoms with Crippen LogP contribution in [-0.2, 0) is 0 Å². The summed E-state index contributed by atoms with van der Waals surface area (Å²) in [6, 6.07) is 4.01. The van der Waals surface area contributed by atoms with Crippen LogP contribution < -0.4 is 15.0 Å². The van der Waals surface area contributed by atoms with E-state index in [1.54, 1.807) is 0 Å². The van der Waals surface area contributed by atoms with Gasteiger partial charge in [0, 0.05) is 28.2 Å². The van der Waals surface area contributed by atoms with E-state index in [9.17, 15) is 0 Å². The Kier molecular flexibility index (Phi) is 3.45. The summed E-state index contributed by atoms with van der Waals surface area (Å²) in [6.07, 6.45) is 0. The van der Waals surface area contributed by atoms with Gasteiger partial charge < -0.3 is 9.80 Å². The summed E-state index contributed by atoms with van der Waals surface area (Å²) in [7, 11) is 11.5. The predicted molar refractivity (Wildman–Crippen MR) is 65.5 cm³/mol. The van der Waals surface area contributed by atoms with E-state index in [0.717, 1.165) is 21.6 Å². The van der Waals surface area contributed by atoms with Crippen LogP contribution in [0.25, 0.3) is 0 Å². The smallest absolute Gasteiger partial charge is 0.0786 e. The zero-order valence-electron chi connectivity index (χ0n) is 8.93. The molecule has 0 fully saturated rings. The van der Waals surface area contributed by atoms with E-state index >= 15 is 0 Å². The van der Waals surface area contributed by atoms with E-state index in [1.807, 2.05) is 50.1 Å². The highest BCUT2D eigenvalue weighted by molar-refractivity contribution is 6.47. The Morgan fingerprint density at radius 2 is 1.64 bits per heavy atom. The van der Waals surface area contributed by atoms with Gasteiger partial charge in [0.25, 0.3) is 0 Å². The van der Waals surface area contributed by atoms with Crippen molar-refractivity contribution < 1.29 is 0 Å². The lowest BCUT2D eigenvalue weighted by Crippen LogP contribution is -2.20. The third-order valence-corrected chi connectivity index (χ3v) is 2.98. The van der Waals surface area contributed by atoms with Crippen molar-refractivity contribution in [3.63, 3.8) is 0 Å². The summed E-state index contributed by atoms with van der Waals surface area (Å²) < 4.78 is 0. The Bertz CT molecular complexity index is 337. The van der Waals surface area contributed by atoms with Gasteiger partial charge in [0.1, 0.15) is 0 Å². The number of anilines is 2. The van der Waals surface area contributed by atoms with Crippen molar-refractivity contribution in [3.8, 4) is 0 Å². The van der Waals surface area contributed by atoms with Crippen LogP contribution in [0.4, 0.5) is 11.4 Å². The first-order valence-corrected chi connectivity index (χ1v) is 5.21. The second-order valence-electron chi connectivity index (χ2n) is 3.58. The molecule has 0 saturated heterocycles. The number of benzene rings is 1. The molecular formula is C10H14ClN2Si. The van der Waals surface area contributed by atoms with E-state index in [0.29, 0.717) is 0 Å². The van der Waals surface area contributed by atoms with Crippen molar-refractivity contribution in [2.75, 3.05) is 38.0 Å². The van der Waals surface area contributed by atoms with Crippen LogP contribution in [0, 0.1) is 0 Å². The Morgan fingerprint density at radius 3 is 2.07 bits per heavy atom. The van der Waals surface area contributed by atoms with E-state index in [2.05, 4.69) is 10.2 Å². The topological polar surface area (TPSA) is 6.48 Å². The first kappa shape index (κ1) is 11.4. The van der Waals surface area contributed by atoms with Crippen LogP contribution in [0.5, 0.6) is 0 Å². The lowest BCUT2D eigenvalue weighted by atomic mass is 10.2. The zero-order chi connectivity index (χ0) is 10.9. The van der Waals surface area contributed by atoms with Gasteiger partial charge in [-0.3, -0.25) is 0 Å². The normalized spacial score (nSPS) is 10.1. The molecule has 0 aliphatic carbocycles. The molecule has 0 aliphatic rings. The van der Waals surface area contributed by atoms with Gasteiger partial charge in [-0.15, -0.1) is 0 Å². The molecular weight excluding hydrogens is 212 g/mol. The number of hydrogen-bond acceptors (Lipinski definition) is 2. The van der Waals surface area contributed by atoms with E-state index in [4.69, 9.17) is 11.6 Å². The third-order valence-electron chi connectivity index (χ3n) is 2.02. The van der Waals surface area contributed by atoms with Crippen LogP contribution >= 0.6 is 11.6 Å². The Morgan fingerprint density at radius 1 is 1.07 bits per heavy atom. The molecule has 0 heterocycles. The molecule has 14 heavy (non-hydrogen) atoms. The van der Waals surface area contributed by atoms with Crippen molar-refractivity contribution in [2.45, 2.75) is 0 Å². The Hall–Kier alpha value is -0.673. The average molecular weight is 226 g/mol. The van der Waals surface area contributed by atoms with Crippen molar-refractivity contribution >= 4 is 38.4 Å². The molecule has 3 radical (unpaired) electrons. The van der Waals surface area contributed by atoms with Crippen LogP contribution in [0.1, 0.15) is 0 Å². The van der Waals surface area contributed by atoms with Crippen molar-refractivity contribution in [1.82, 2.24) is 0 Å². The molecule has 0 N–H and O–H groups in total. The van der Waals surface area contributed by atoms with Gasteiger partial charge >= 0.3 is 0 Å². The quantitative estimate of drug-likeness (QED) is 0.700. The lowest BCUT2D eigenvalue weighted by molar-refractivity contribution is 1.08. The van der Waals surface area contributed by atoms with Gasteiger partial charge in [-0.2, -0.15) is 0 Å². The molecule has 4 heteroatoms. The van der Waals surface area contributed by atoms with Crippen molar-refractivity contribution in [1.29, 1.82) is 0 Å². The SMILES string of the molecule is CN(C)c1ccc([Si])c(Cl)c1N(C)C. The lowest BCUT2D eigenvalue weighted by Gasteiger charge is -2.24. The van der Waals surface area contributed by atoms with E-state index < -0.39 is 0 Å². The number of halogens is 1. The summed E-state index contributed by atoms with van der Waals surface area (Å²) in [5.41, 5.74) is 2.14. The van der Waals surface area contributed by atoms with Crippen LogP contribution in [0.3, 0.4) is 0 Å². The fraction of sp³-hybridized carbons (Fsp3) is 0.400. The molecule has 0 unspecified atom stereocenters. The van der Waals surface area contributed by atoms with Crippen LogP contribution in [0.2, 0.25) is 5.02 Å². The summed E-state index contributed by atoms with van der Waals surface area (Å²) in [4.78, 5) is 4.06. The van der Waals surface area contributed by atoms with E-state index in [-0.39, 0.29) is 0 Å². The second-order valence-corrected chi connectivity index (χ2v) is 4.50. The molecule has 0 aromatic heterocycles. The average Bonchev–Trinajstić information content (AvgIpc) is 2.08. The minimum absolute atomic E-state index is 0.748. The van der Waals surface area contributed by atoms with E-state index in [1.165, 1.54) is 0 Å². The second kappa shape index (κ2) is 4.23. The van der Waals surface area contributed by atoms with Gasteiger partial charge in [-0.25, -0.2) is 0 Å². The summed E-state index contributed by atoms with van der Waals surface area (Å²) in [5.74, 6) is 0. The molecule has 0 spiro atoms. The van der Waals surface area contributed by atoms with Crippen LogP contribution in [-0.4, -0.2) is 38.4 Å². The van der Waals surface area contributed by atoms with Gasteiger partial charge in [0.05, 0.1) is 26.6 Å². The molecule has 1 aromatic rings. The summed E-state index contributed by atoms with van der Waals surface area (Å²) in [6.45, 7) is 0. The highest BCUT2D eigenvalue weighted by atomic mass is 35.5. The fourth-order valence-electron chi connectivity index (χ4n) is 1.34. The number of nitrogens with zero attached hydrogens (tertiary/aromatic N) is 2. The number of hydrogen-bond donors (Lipinski definition) is 0. The first-order chi connectivity index (χ1) is 6.45. The van der Waals surface area contributed by atoms with Crippen LogP contribution in [0.15, 0.2) is 12.1 Å². The molecule has 0 bridgehead atoms. The minimum Gasteiger partial charge on any atom is -0.376 e. The molecule has 2 nitrogen and oxygen atoms in total. The largest absolute Gasteiger partial charge is 0.376 e. The summed E-state index contributed by atoms with van der Waals surface area (Å²) in [5, 5.41) is 1.67. The monoisotopic (exact) mass is 225 g/mol. The predicted octanol–water partition coefficient (Wildman–Crippen LogP) is 1.27. The minimum atomic E-state index is 0.748. The summed E-state index contributed by atoms with van der Waals surface area (Å²) >= 11 is 6.22. The zero-order valence-corrected chi connectivity index (χ0v) is 10.7. The third kappa shape index (κ3) is 2.04. The Balaban J connectivity index is 3.38. The van der Waals surface area contributed by atoms with Gasteiger partial charge in [0.15, 0.2) is 0 Å². The molecule has 0 amide bonds.